The highest BCUT2D eigenvalue weighted by Crippen LogP contribution is 2.39. The Morgan fingerprint density at radius 3 is 2.42 bits per heavy atom. The first-order valence-electron chi connectivity index (χ1n) is 4.59. The first kappa shape index (κ1) is 15.2. The SMILES string of the molecule is O=C(O)/C=C/c1cc(C(F)(F)F)c([N+](=O)[O-])cc1Br. The minimum atomic E-state index is -4.91. The summed E-state index contributed by atoms with van der Waals surface area (Å²) in [7, 11) is 0. The average molecular weight is 340 g/mol. The lowest BCUT2D eigenvalue weighted by Crippen LogP contribution is -2.09. The molecule has 0 spiro atoms. The lowest BCUT2D eigenvalue weighted by atomic mass is 10.1. The summed E-state index contributed by atoms with van der Waals surface area (Å²) in [5.74, 6) is -1.35. The third-order valence-corrected chi connectivity index (χ3v) is 2.71. The Bertz CT molecular complexity index is 569. The van der Waals surface area contributed by atoms with E-state index in [2.05, 4.69) is 15.9 Å². The van der Waals surface area contributed by atoms with Crippen molar-refractivity contribution in [3.8, 4) is 0 Å². The van der Waals surface area contributed by atoms with Crippen LogP contribution in [0.2, 0.25) is 0 Å². The Balaban J connectivity index is 3.47. The van der Waals surface area contributed by atoms with Gasteiger partial charge in [0.25, 0.3) is 5.69 Å². The predicted octanol–water partition coefficient (Wildman–Crippen LogP) is 3.47. The molecule has 9 heteroatoms. The molecule has 102 valence electrons. The Hall–Kier alpha value is -1.90. The van der Waals surface area contributed by atoms with Crippen LogP contribution in [0, 0.1) is 10.1 Å². The van der Waals surface area contributed by atoms with Gasteiger partial charge in [-0.05, 0) is 33.6 Å². The zero-order valence-corrected chi connectivity index (χ0v) is 10.5. The van der Waals surface area contributed by atoms with Crippen LogP contribution in [0.1, 0.15) is 11.1 Å². The van der Waals surface area contributed by atoms with Crippen LogP contribution in [0.15, 0.2) is 22.7 Å². The van der Waals surface area contributed by atoms with E-state index in [1.807, 2.05) is 0 Å². The smallest absolute Gasteiger partial charge is 0.423 e. The quantitative estimate of drug-likeness (QED) is 0.519. The van der Waals surface area contributed by atoms with Crippen LogP contribution >= 0.6 is 15.9 Å². The van der Waals surface area contributed by atoms with Crippen LogP contribution in [0.4, 0.5) is 18.9 Å². The molecule has 0 aliphatic carbocycles. The van der Waals surface area contributed by atoms with Gasteiger partial charge >= 0.3 is 12.1 Å². The van der Waals surface area contributed by atoms with Crippen molar-refractivity contribution in [3.63, 3.8) is 0 Å². The molecule has 0 atom stereocenters. The van der Waals surface area contributed by atoms with Crippen molar-refractivity contribution in [2.24, 2.45) is 0 Å². The summed E-state index contributed by atoms with van der Waals surface area (Å²) in [5.41, 5.74) is -2.67. The molecule has 0 aliphatic rings. The zero-order chi connectivity index (χ0) is 14.8. The normalized spacial score (nSPS) is 11.8. The number of halogens is 4. The van der Waals surface area contributed by atoms with Gasteiger partial charge in [0.2, 0.25) is 0 Å². The molecule has 1 aromatic carbocycles. The third-order valence-electron chi connectivity index (χ3n) is 2.02. The van der Waals surface area contributed by atoms with Gasteiger partial charge in [-0.15, -0.1) is 0 Å². The number of nitro groups is 1. The molecule has 1 aromatic rings. The maximum absolute atomic E-state index is 12.7. The lowest BCUT2D eigenvalue weighted by molar-refractivity contribution is -0.388. The van der Waals surface area contributed by atoms with Gasteiger partial charge in [-0.2, -0.15) is 13.2 Å². The molecule has 0 fully saturated rings. The molecule has 1 rings (SSSR count). The number of alkyl halides is 3. The largest absolute Gasteiger partial charge is 0.478 e. The number of benzene rings is 1. The van der Waals surface area contributed by atoms with Gasteiger partial charge in [0, 0.05) is 16.6 Å². The second-order valence-corrected chi connectivity index (χ2v) is 4.17. The summed E-state index contributed by atoms with van der Waals surface area (Å²) < 4.78 is 38.0. The molecule has 0 unspecified atom stereocenters. The molecule has 0 saturated carbocycles. The fourth-order valence-electron chi connectivity index (χ4n) is 1.25. The van der Waals surface area contributed by atoms with Gasteiger partial charge in [0.15, 0.2) is 0 Å². The van der Waals surface area contributed by atoms with Crippen molar-refractivity contribution in [1.82, 2.24) is 0 Å². The molecular formula is C10H5BrF3NO4. The van der Waals surface area contributed by atoms with Crippen LogP contribution in [-0.2, 0) is 11.0 Å². The van der Waals surface area contributed by atoms with Crippen LogP contribution in [0.5, 0.6) is 0 Å². The highest BCUT2D eigenvalue weighted by Gasteiger charge is 2.38. The number of aliphatic carboxylic acids is 1. The summed E-state index contributed by atoms with van der Waals surface area (Å²) in [5, 5.41) is 19.0. The second kappa shape index (κ2) is 5.39. The minimum absolute atomic E-state index is 0.00954. The van der Waals surface area contributed by atoms with E-state index in [9.17, 15) is 28.1 Å². The van der Waals surface area contributed by atoms with E-state index in [-0.39, 0.29) is 10.0 Å². The maximum atomic E-state index is 12.7. The van der Waals surface area contributed by atoms with E-state index >= 15 is 0 Å². The van der Waals surface area contributed by atoms with Crippen LogP contribution in [0.25, 0.3) is 6.08 Å². The Morgan fingerprint density at radius 1 is 1.42 bits per heavy atom. The summed E-state index contributed by atoms with van der Waals surface area (Å²) >= 11 is 2.85. The fourth-order valence-corrected chi connectivity index (χ4v) is 1.71. The molecule has 1 N–H and O–H groups in total. The van der Waals surface area contributed by atoms with Crippen molar-refractivity contribution >= 4 is 33.7 Å². The number of nitro benzene ring substituents is 1. The molecule has 0 bridgehead atoms. The highest BCUT2D eigenvalue weighted by atomic mass is 79.9. The van der Waals surface area contributed by atoms with E-state index in [0.29, 0.717) is 18.2 Å². The number of carboxylic acids is 1. The van der Waals surface area contributed by atoms with Crippen molar-refractivity contribution < 1.29 is 28.0 Å². The molecule has 0 amide bonds. The van der Waals surface area contributed by atoms with Gasteiger partial charge in [0.1, 0.15) is 5.56 Å². The zero-order valence-electron chi connectivity index (χ0n) is 8.94. The lowest BCUT2D eigenvalue weighted by Gasteiger charge is -2.09. The van der Waals surface area contributed by atoms with E-state index in [0.717, 1.165) is 6.08 Å². The average Bonchev–Trinajstić information content (AvgIpc) is 2.24. The van der Waals surface area contributed by atoms with Gasteiger partial charge in [-0.25, -0.2) is 4.79 Å². The van der Waals surface area contributed by atoms with Crippen molar-refractivity contribution in [3.05, 3.63) is 43.9 Å². The van der Waals surface area contributed by atoms with E-state index in [1.165, 1.54) is 0 Å². The Kier molecular flexibility index (Phi) is 4.30. The van der Waals surface area contributed by atoms with Crippen LogP contribution in [0.3, 0.4) is 0 Å². The molecule has 19 heavy (non-hydrogen) atoms. The molecule has 0 aliphatic heterocycles. The van der Waals surface area contributed by atoms with Gasteiger partial charge in [0.05, 0.1) is 4.92 Å². The molecule has 5 nitrogen and oxygen atoms in total. The summed E-state index contributed by atoms with van der Waals surface area (Å²) in [6.07, 6.45) is -3.37. The van der Waals surface area contributed by atoms with Gasteiger partial charge in [-0.1, -0.05) is 0 Å². The maximum Gasteiger partial charge on any atom is 0.423 e. The number of rotatable bonds is 3. The number of hydrogen-bond donors (Lipinski definition) is 1. The van der Waals surface area contributed by atoms with Crippen LogP contribution < -0.4 is 0 Å². The van der Waals surface area contributed by atoms with Crippen molar-refractivity contribution in [2.75, 3.05) is 0 Å². The van der Waals surface area contributed by atoms with E-state index in [1.54, 1.807) is 0 Å². The first-order chi connectivity index (χ1) is 8.62. The summed E-state index contributed by atoms with van der Waals surface area (Å²) in [6.45, 7) is 0. The molecule has 0 radical (unpaired) electrons. The van der Waals surface area contributed by atoms with E-state index < -0.39 is 28.3 Å². The predicted molar refractivity (Wildman–Crippen MR) is 62.5 cm³/mol. The Labute approximate surface area is 112 Å². The third kappa shape index (κ3) is 3.78. The topological polar surface area (TPSA) is 80.4 Å². The number of carbonyl (C=O) groups is 1. The number of hydrogen-bond acceptors (Lipinski definition) is 3. The second-order valence-electron chi connectivity index (χ2n) is 3.32. The van der Waals surface area contributed by atoms with E-state index in [4.69, 9.17) is 5.11 Å². The Morgan fingerprint density at radius 2 is 2.00 bits per heavy atom. The molecule has 0 aromatic heterocycles. The van der Waals surface area contributed by atoms with Crippen molar-refractivity contribution in [2.45, 2.75) is 6.18 Å². The van der Waals surface area contributed by atoms with Crippen molar-refractivity contribution in [1.29, 1.82) is 0 Å². The minimum Gasteiger partial charge on any atom is -0.478 e. The molecule has 0 saturated heterocycles. The summed E-state index contributed by atoms with van der Waals surface area (Å²) in [6, 6.07) is 1.20. The number of carboxylic acid groups (broad SMARTS) is 1. The highest BCUT2D eigenvalue weighted by molar-refractivity contribution is 9.10. The molecular weight excluding hydrogens is 335 g/mol. The monoisotopic (exact) mass is 339 g/mol. The van der Waals surface area contributed by atoms with Gasteiger partial charge < -0.3 is 5.11 Å². The number of nitrogens with zero attached hydrogens (tertiary/aromatic N) is 1. The van der Waals surface area contributed by atoms with Gasteiger partial charge in [-0.3, -0.25) is 10.1 Å². The fraction of sp³-hybridized carbons (Fsp3) is 0.100. The van der Waals surface area contributed by atoms with Crippen LogP contribution in [-0.4, -0.2) is 16.0 Å². The standard InChI is InChI=1S/C10H5BrF3NO4/c11-7-4-8(15(18)19)6(10(12,13)14)3-5(7)1-2-9(16)17/h1-4H,(H,16,17)/b2-1+. The first-order valence-corrected chi connectivity index (χ1v) is 5.38. The molecule has 0 heterocycles. The summed E-state index contributed by atoms with van der Waals surface area (Å²) in [4.78, 5) is 19.7.